The first-order chi connectivity index (χ1) is 14.3. The Kier molecular flexibility index (Phi) is 7.07. The van der Waals surface area contributed by atoms with Crippen LogP contribution in [0.3, 0.4) is 0 Å². The van der Waals surface area contributed by atoms with Crippen LogP contribution in [0.5, 0.6) is 0 Å². The Bertz CT molecular complexity index is 1020. The highest BCUT2D eigenvalue weighted by Crippen LogP contribution is 2.41. The molecule has 3 rings (SSSR count). The predicted octanol–water partition coefficient (Wildman–Crippen LogP) is 4.61. The molecule has 0 bridgehead atoms. The summed E-state index contributed by atoms with van der Waals surface area (Å²) in [6.07, 6.45) is 1.72. The van der Waals surface area contributed by atoms with E-state index in [0.717, 1.165) is 18.6 Å². The van der Waals surface area contributed by atoms with Gasteiger partial charge in [0.2, 0.25) is 0 Å². The molecule has 0 fully saturated rings. The van der Waals surface area contributed by atoms with E-state index < -0.39 is 23.6 Å². The number of thioether (sulfide) groups is 1. The third kappa shape index (κ3) is 4.80. The van der Waals surface area contributed by atoms with Gasteiger partial charge < -0.3 is 9.72 Å². The number of H-pyrrole nitrogens is 1. The molecule has 0 saturated carbocycles. The van der Waals surface area contributed by atoms with E-state index in [2.05, 4.69) is 21.9 Å². The van der Waals surface area contributed by atoms with Crippen LogP contribution in [-0.2, 0) is 9.53 Å². The van der Waals surface area contributed by atoms with E-state index in [1.165, 1.54) is 23.9 Å². The van der Waals surface area contributed by atoms with E-state index in [1.807, 2.05) is 0 Å². The van der Waals surface area contributed by atoms with Gasteiger partial charge in [-0.3, -0.25) is 9.59 Å². The third-order valence-electron chi connectivity index (χ3n) is 4.84. The van der Waals surface area contributed by atoms with Crippen LogP contribution >= 0.6 is 11.8 Å². The van der Waals surface area contributed by atoms with Crippen LogP contribution in [0.1, 0.15) is 57.6 Å². The molecule has 0 amide bonds. The van der Waals surface area contributed by atoms with Gasteiger partial charge in [-0.1, -0.05) is 37.2 Å². The van der Waals surface area contributed by atoms with Gasteiger partial charge in [-0.2, -0.15) is 0 Å². The number of hydrogen-bond donors (Lipinski definition) is 1. The summed E-state index contributed by atoms with van der Waals surface area (Å²) in [5.74, 6) is -1.39. The van der Waals surface area contributed by atoms with E-state index >= 15 is 0 Å². The highest BCUT2D eigenvalue weighted by atomic mass is 32.2. The van der Waals surface area contributed by atoms with Crippen LogP contribution in [-0.4, -0.2) is 33.5 Å². The van der Waals surface area contributed by atoms with Gasteiger partial charge >= 0.3 is 5.97 Å². The quantitative estimate of drug-likeness (QED) is 0.300. The van der Waals surface area contributed by atoms with Gasteiger partial charge in [-0.15, -0.1) is 0 Å². The Morgan fingerprint density at radius 1 is 1.37 bits per heavy atom. The number of halogens is 1. The number of ether oxygens (including phenoxy) is 1. The van der Waals surface area contributed by atoms with Crippen molar-refractivity contribution >= 4 is 29.3 Å². The number of aromatic nitrogens is 2. The molecule has 0 radical (unpaired) electrons. The van der Waals surface area contributed by atoms with Crippen molar-refractivity contribution in [2.45, 2.75) is 57.7 Å². The second-order valence-corrected chi connectivity index (χ2v) is 8.64. The minimum Gasteiger partial charge on any atom is -0.462 e. The smallest absolute Gasteiger partial charge is 0.315 e. The van der Waals surface area contributed by atoms with Crippen LogP contribution in [0.15, 0.2) is 39.2 Å². The molecule has 0 spiro atoms. The molecule has 2 unspecified atom stereocenters. The van der Waals surface area contributed by atoms with Crippen molar-refractivity contribution in [3.05, 3.63) is 51.6 Å². The van der Waals surface area contributed by atoms with Crippen LogP contribution < -0.4 is 5.56 Å². The van der Waals surface area contributed by atoms with Gasteiger partial charge in [0.05, 0.1) is 11.7 Å². The summed E-state index contributed by atoms with van der Waals surface area (Å²) in [7, 11) is 0. The first kappa shape index (κ1) is 22.2. The number of nitrogens with zero attached hydrogens (tertiary/aromatic N) is 2. The Morgan fingerprint density at radius 2 is 2.13 bits per heavy atom. The Hall–Kier alpha value is -2.48. The van der Waals surface area contributed by atoms with Crippen LogP contribution in [0.4, 0.5) is 10.2 Å². The molecule has 1 aliphatic rings. The summed E-state index contributed by atoms with van der Waals surface area (Å²) in [5, 5.41) is 0.491. The maximum absolute atomic E-state index is 14.0. The fourth-order valence-electron chi connectivity index (χ4n) is 3.51. The van der Waals surface area contributed by atoms with E-state index in [-0.39, 0.29) is 23.0 Å². The molecule has 1 aliphatic heterocycles. The molecular weight excluding hydrogens is 405 g/mol. The minimum atomic E-state index is -0.830. The molecule has 0 aliphatic carbocycles. The number of unbranched alkanes of at least 4 members (excludes halogenated alkanes) is 1. The summed E-state index contributed by atoms with van der Waals surface area (Å²) in [6.45, 7) is 7.32. The Balaban J connectivity index is 2.13. The number of rotatable bonds is 7. The molecule has 30 heavy (non-hydrogen) atoms. The predicted molar refractivity (Wildman–Crippen MR) is 116 cm³/mol. The maximum Gasteiger partial charge on any atom is 0.315 e. The molecular formula is C22H26FN3O3S. The standard InChI is InChI=1S/C22H26FN3O3S/c1-5-6-10-30-22-25-19-18(20(27)26-22)17(14-8-7-9-15(23)11-14)16(13(4)24-19)21(28)29-12(2)3/h7-9,11-12,16-17H,5-6,10H2,1-4H3,(H,25,26,27). The number of carbonyl (C=O) groups is 1. The van der Waals surface area contributed by atoms with E-state index in [1.54, 1.807) is 32.9 Å². The first-order valence-corrected chi connectivity index (χ1v) is 11.1. The number of nitrogens with one attached hydrogen (secondary N) is 1. The lowest BCUT2D eigenvalue weighted by molar-refractivity contribution is -0.150. The van der Waals surface area contributed by atoms with Gasteiger partial charge in [-0.05, 0) is 44.9 Å². The zero-order valence-corrected chi connectivity index (χ0v) is 18.4. The fourth-order valence-corrected chi connectivity index (χ4v) is 4.46. The van der Waals surface area contributed by atoms with Crippen molar-refractivity contribution < 1.29 is 13.9 Å². The van der Waals surface area contributed by atoms with Gasteiger partial charge in [0.1, 0.15) is 11.7 Å². The summed E-state index contributed by atoms with van der Waals surface area (Å²) in [5.41, 5.74) is 0.892. The van der Waals surface area contributed by atoms with Crippen LogP contribution in [0.25, 0.3) is 0 Å². The molecule has 0 saturated heterocycles. The Morgan fingerprint density at radius 3 is 2.80 bits per heavy atom. The lowest BCUT2D eigenvalue weighted by Crippen LogP contribution is -2.37. The first-order valence-electron chi connectivity index (χ1n) is 10.1. The second-order valence-electron chi connectivity index (χ2n) is 7.56. The number of benzene rings is 1. The van der Waals surface area contributed by atoms with Crippen molar-refractivity contribution in [3.63, 3.8) is 0 Å². The Labute approximate surface area is 179 Å². The highest BCUT2D eigenvalue weighted by Gasteiger charge is 2.41. The number of fused-ring (bicyclic) bond motifs is 1. The summed E-state index contributed by atoms with van der Waals surface area (Å²) in [6, 6.07) is 5.93. The van der Waals surface area contributed by atoms with Crippen molar-refractivity contribution in [1.29, 1.82) is 0 Å². The van der Waals surface area contributed by atoms with Gasteiger partial charge in [0.25, 0.3) is 5.56 Å². The summed E-state index contributed by atoms with van der Waals surface area (Å²) >= 11 is 1.46. The third-order valence-corrected chi connectivity index (χ3v) is 5.80. The molecule has 2 aromatic rings. The van der Waals surface area contributed by atoms with Gasteiger partial charge in [0.15, 0.2) is 11.0 Å². The number of aliphatic imine (C=N–C) groups is 1. The molecule has 160 valence electrons. The van der Waals surface area contributed by atoms with Crippen molar-refractivity contribution in [2.75, 3.05) is 5.75 Å². The normalized spacial score (nSPS) is 18.1. The number of hydrogen-bond acceptors (Lipinski definition) is 6. The highest BCUT2D eigenvalue weighted by molar-refractivity contribution is 7.99. The molecule has 6 nitrogen and oxygen atoms in total. The lowest BCUT2D eigenvalue weighted by Gasteiger charge is -2.30. The van der Waals surface area contributed by atoms with E-state index in [4.69, 9.17) is 4.74 Å². The zero-order chi connectivity index (χ0) is 21.8. The fraction of sp³-hybridized carbons (Fsp3) is 0.455. The molecule has 1 aromatic carbocycles. The summed E-state index contributed by atoms with van der Waals surface area (Å²) in [4.78, 5) is 37.8. The average molecular weight is 432 g/mol. The minimum absolute atomic E-state index is 0.261. The molecule has 8 heteroatoms. The topological polar surface area (TPSA) is 84.4 Å². The second kappa shape index (κ2) is 9.55. The number of esters is 1. The van der Waals surface area contributed by atoms with Crippen molar-refractivity contribution in [1.82, 2.24) is 9.97 Å². The van der Waals surface area contributed by atoms with Crippen LogP contribution in [0.2, 0.25) is 0 Å². The molecule has 2 atom stereocenters. The molecule has 1 aromatic heterocycles. The average Bonchev–Trinajstić information content (AvgIpc) is 2.66. The van der Waals surface area contributed by atoms with E-state index in [0.29, 0.717) is 16.4 Å². The maximum atomic E-state index is 14.0. The number of aromatic amines is 1. The number of carbonyl (C=O) groups excluding carboxylic acids is 1. The van der Waals surface area contributed by atoms with Crippen LogP contribution in [0, 0.1) is 11.7 Å². The van der Waals surface area contributed by atoms with Gasteiger partial charge in [0, 0.05) is 17.4 Å². The van der Waals surface area contributed by atoms with Crippen molar-refractivity contribution in [2.24, 2.45) is 10.9 Å². The summed E-state index contributed by atoms with van der Waals surface area (Å²) < 4.78 is 19.5. The lowest BCUT2D eigenvalue weighted by atomic mass is 9.77. The monoisotopic (exact) mass is 431 g/mol. The SMILES string of the molecule is CCCCSc1nc2c(c(=O)[nH]1)C(c1cccc(F)c1)C(C(=O)OC(C)C)C(C)=N2. The van der Waals surface area contributed by atoms with E-state index in [9.17, 15) is 14.0 Å². The molecule has 1 N–H and O–H groups in total. The van der Waals surface area contributed by atoms with Gasteiger partial charge in [-0.25, -0.2) is 14.4 Å². The van der Waals surface area contributed by atoms with Crippen molar-refractivity contribution in [3.8, 4) is 0 Å². The molecule has 2 heterocycles. The largest absolute Gasteiger partial charge is 0.462 e. The zero-order valence-electron chi connectivity index (χ0n) is 17.6.